The van der Waals surface area contributed by atoms with E-state index < -0.39 is 11.6 Å². The van der Waals surface area contributed by atoms with E-state index in [1.54, 1.807) is 12.1 Å². The van der Waals surface area contributed by atoms with Crippen molar-refractivity contribution < 1.29 is 13.5 Å². The van der Waals surface area contributed by atoms with Gasteiger partial charge < -0.3 is 4.74 Å². The number of unbranched alkanes of at least 4 members (excludes halogenated alkanes) is 3. The molecule has 1 saturated carbocycles. The number of halogens is 2. The summed E-state index contributed by atoms with van der Waals surface area (Å²) in [7, 11) is 0. The minimum absolute atomic E-state index is 0.0498. The molecule has 1 nitrogen and oxygen atoms in total. The Morgan fingerprint density at radius 3 is 2.35 bits per heavy atom. The molecule has 0 aliphatic heterocycles. The smallest absolute Gasteiger partial charge is 0.201 e. The van der Waals surface area contributed by atoms with Gasteiger partial charge in [0, 0.05) is 5.56 Å². The van der Waals surface area contributed by atoms with Gasteiger partial charge in [-0.1, -0.05) is 69.4 Å². The minimum Gasteiger partial charge on any atom is -0.490 e. The molecule has 0 radical (unpaired) electrons. The van der Waals surface area contributed by atoms with Crippen molar-refractivity contribution in [2.24, 2.45) is 5.92 Å². The molecule has 0 aromatic heterocycles. The number of benzene rings is 2. The van der Waals surface area contributed by atoms with Crippen LogP contribution in [0.2, 0.25) is 0 Å². The van der Waals surface area contributed by atoms with Gasteiger partial charge >= 0.3 is 0 Å². The van der Waals surface area contributed by atoms with E-state index in [4.69, 9.17) is 4.74 Å². The first-order valence-corrected chi connectivity index (χ1v) is 12.0. The van der Waals surface area contributed by atoms with E-state index in [2.05, 4.69) is 25.6 Å². The Labute approximate surface area is 186 Å². The summed E-state index contributed by atoms with van der Waals surface area (Å²) in [4.78, 5) is 0. The second-order valence-electron chi connectivity index (χ2n) is 8.85. The first-order valence-electron chi connectivity index (χ1n) is 12.0. The van der Waals surface area contributed by atoms with Gasteiger partial charge in [-0.05, 0) is 67.2 Å². The van der Waals surface area contributed by atoms with Crippen molar-refractivity contribution in [1.82, 2.24) is 0 Å². The molecule has 2 aromatic rings. The van der Waals surface area contributed by atoms with Crippen LogP contribution in [-0.2, 0) is 0 Å². The fourth-order valence-corrected chi connectivity index (χ4v) is 4.70. The lowest BCUT2D eigenvalue weighted by atomic mass is 9.77. The van der Waals surface area contributed by atoms with E-state index in [9.17, 15) is 8.78 Å². The fourth-order valence-electron chi connectivity index (χ4n) is 4.70. The Bertz CT molecular complexity index is 820. The number of hydrogen-bond donors (Lipinski definition) is 0. The molecule has 2 aromatic carbocycles. The third-order valence-corrected chi connectivity index (χ3v) is 6.63. The van der Waals surface area contributed by atoms with Crippen molar-refractivity contribution in [3.8, 4) is 16.9 Å². The molecular formula is C28H36F2O. The topological polar surface area (TPSA) is 9.23 Å². The Hall–Kier alpha value is -2.16. The van der Waals surface area contributed by atoms with Gasteiger partial charge in [0.1, 0.15) is 0 Å². The summed E-state index contributed by atoms with van der Waals surface area (Å²) >= 11 is 0. The Morgan fingerprint density at radius 2 is 1.68 bits per heavy atom. The lowest BCUT2D eigenvalue weighted by Crippen LogP contribution is -2.13. The average Bonchev–Trinajstić information content (AvgIpc) is 2.80. The molecule has 0 amide bonds. The highest BCUT2D eigenvalue weighted by Crippen LogP contribution is 2.38. The van der Waals surface area contributed by atoms with Crippen LogP contribution >= 0.6 is 0 Å². The molecule has 0 heterocycles. The van der Waals surface area contributed by atoms with Crippen LogP contribution in [0.25, 0.3) is 11.1 Å². The van der Waals surface area contributed by atoms with E-state index in [0.29, 0.717) is 17.9 Å². The zero-order chi connectivity index (χ0) is 22.1. The molecule has 1 fully saturated rings. The second-order valence-corrected chi connectivity index (χ2v) is 8.85. The first-order chi connectivity index (χ1) is 15.1. The van der Waals surface area contributed by atoms with Crippen LogP contribution in [0.15, 0.2) is 49.1 Å². The van der Waals surface area contributed by atoms with Crippen LogP contribution in [0.1, 0.15) is 82.6 Å². The highest BCUT2D eigenvalue weighted by molar-refractivity contribution is 5.65. The molecular weight excluding hydrogens is 390 g/mol. The second kappa shape index (κ2) is 12.0. The number of hydrogen-bond acceptors (Lipinski definition) is 1. The maximum atomic E-state index is 14.6. The summed E-state index contributed by atoms with van der Waals surface area (Å²) in [5.41, 5.74) is 2.29. The summed E-state index contributed by atoms with van der Waals surface area (Å²) in [6.45, 7) is 6.15. The molecule has 31 heavy (non-hydrogen) atoms. The zero-order valence-corrected chi connectivity index (χ0v) is 18.8. The SMILES string of the molecule is C=CCCOc1ccc(-c2ccc(C3CCC(CCCCCC)CC3)cc2)c(F)c1F. The van der Waals surface area contributed by atoms with Crippen LogP contribution in [0, 0.1) is 17.6 Å². The van der Waals surface area contributed by atoms with Crippen LogP contribution in [0.3, 0.4) is 0 Å². The molecule has 0 unspecified atom stereocenters. The van der Waals surface area contributed by atoms with Crippen molar-refractivity contribution in [2.45, 2.75) is 77.0 Å². The standard InChI is InChI=1S/C28H36F2O/c1-3-5-7-8-9-21-10-12-22(13-11-21)23-14-16-24(17-15-23)25-18-19-26(28(30)27(25)29)31-20-6-4-2/h4,14-19,21-22H,2-3,5-13,20H2,1H3. The van der Waals surface area contributed by atoms with Crippen molar-refractivity contribution in [2.75, 3.05) is 6.61 Å². The summed E-state index contributed by atoms with van der Waals surface area (Å²) in [5, 5.41) is 0. The molecule has 3 heteroatoms. The van der Waals surface area contributed by atoms with E-state index >= 15 is 0 Å². The van der Waals surface area contributed by atoms with Crippen molar-refractivity contribution >= 4 is 0 Å². The van der Waals surface area contributed by atoms with Crippen LogP contribution in [-0.4, -0.2) is 6.61 Å². The molecule has 0 spiro atoms. The quantitative estimate of drug-likeness (QED) is 0.257. The van der Waals surface area contributed by atoms with Crippen molar-refractivity contribution in [1.29, 1.82) is 0 Å². The van der Waals surface area contributed by atoms with Gasteiger partial charge in [0.05, 0.1) is 6.61 Å². The predicted octanol–water partition coefficient (Wildman–Crippen LogP) is 8.83. The molecule has 0 bridgehead atoms. The van der Waals surface area contributed by atoms with Gasteiger partial charge in [-0.15, -0.1) is 6.58 Å². The molecule has 0 atom stereocenters. The monoisotopic (exact) mass is 426 g/mol. The van der Waals surface area contributed by atoms with Gasteiger partial charge in [0.25, 0.3) is 0 Å². The zero-order valence-electron chi connectivity index (χ0n) is 18.8. The third-order valence-electron chi connectivity index (χ3n) is 6.63. The average molecular weight is 427 g/mol. The van der Waals surface area contributed by atoms with E-state index in [1.807, 2.05) is 12.1 Å². The van der Waals surface area contributed by atoms with Gasteiger partial charge in [-0.25, -0.2) is 4.39 Å². The number of ether oxygens (including phenoxy) is 1. The first kappa shape index (κ1) is 23.5. The van der Waals surface area contributed by atoms with Crippen LogP contribution in [0.4, 0.5) is 8.78 Å². The highest BCUT2D eigenvalue weighted by Gasteiger charge is 2.22. The van der Waals surface area contributed by atoms with Crippen molar-refractivity contribution in [3.05, 3.63) is 66.3 Å². The largest absolute Gasteiger partial charge is 0.490 e. The summed E-state index contributed by atoms with van der Waals surface area (Å²) in [6, 6.07) is 11.1. The number of rotatable bonds is 11. The van der Waals surface area contributed by atoms with Crippen molar-refractivity contribution in [3.63, 3.8) is 0 Å². The van der Waals surface area contributed by atoms with Crippen LogP contribution in [0.5, 0.6) is 5.75 Å². The summed E-state index contributed by atoms with van der Waals surface area (Å²) in [6.07, 6.45) is 14.1. The molecule has 1 aliphatic carbocycles. The fraction of sp³-hybridized carbons (Fsp3) is 0.500. The Kier molecular flexibility index (Phi) is 9.12. The van der Waals surface area contributed by atoms with E-state index in [1.165, 1.54) is 69.4 Å². The van der Waals surface area contributed by atoms with E-state index in [-0.39, 0.29) is 17.9 Å². The van der Waals surface area contributed by atoms with Gasteiger partial charge in [0.15, 0.2) is 11.6 Å². The molecule has 3 rings (SSSR count). The molecule has 168 valence electrons. The molecule has 0 N–H and O–H groups in total. The highest BCUT2D eigenvalue weighted by atomic mass is 19.2. The molecule has 1 aliphatic rings. The Balaban J connectivity index is 1.58. The predicted molar refractivity (Wildman–Crippen MR) is 126 cm³/mol. The maximum absolute atomic E-state index is 14.6. The lowest BCUT2D eigenvalue weighted by Gasteiger charge is -2.29. The Morgan fingerprint density at radius 1 is 0.935 bits per heavy atom. The molecule has 0 saturated heterocycles. The summed E-state index contributed by atoms with van der Waals surface area (Å²) < 4.78 is 34.3. The normalized spacial score (nSPS) is 18.7. The van der Waals surface area contributed by atoms with Gasteiger partial charge in [-0.3, -0.25) is 0 Å². The third kappa shape index (κ3) is 6.41. The van der Waals surface area contributed by atoms with Gasteiger partial charge in [0.2, 0.25) is 5.82 Å². The minimum atomic E-state index is -0.928. The maximum Gasteiger partial charge on any atom is 0.201 e. The van der Waals surface area contributed by atoms with Crippen LogP contribution < -0.4 is 4.74 Å². The lowest BCUT2D eigenvalue weighted by molar-refractivity contribution is 0.302. The van der Waals surface area contributed by atoms with E-state index in [0.717, 1.165) is 5.92 Å². The van der Waals surface area contributed by atoms with Gasteiger partial charge in [-0.2, -0.15) is 4.39 Å². The summed E-state index contributed by atoms with van der Waals surface area (Å²) in [5.74, 6) is -0.360.